The number of rotatable bonds is 7. The van der Waals surface area contributed by atoms with E-state index in [0.29, 0.717) is 13.0 Å². The molecule has 1 aliphatic heterocycles. The summed E-state index contributed by atoms with van der Waals surface area (Å²) >= 11 is 2.79. The minimum atomic E-state index is -0.928. The predicted octanol–water partition coefficient (Wildman–Crippen LogP) is 3.25. The molecule has 0 N–H and O–H groups in total. The van der Waals surface area contributed by atoms with Crippen molar-refractivity contribution in [2.24, 2.45) is 0 Å². The molecule has 1 aliphatic rings. The van der Waals surface area contributed by atoms with E-state index in [1.54, 1.807) is 23.9 Å². The van der Waals surface area contributed by atoms with E-state index >= 15 is 0 Å². The Balaban J connectivity index is 2.21. The molecule has 0 aromatic heterocycles. The molecule has 148 valence electrons. The number of ether oxygens (including phenoxy) is 1. The molecule has 2 amide bonds. The van der Waals surface area contributed by atoms with Crippen LogP contribution in [0.1, 0.15) is 19.4 Å². The van der Waals surface area contributed by atoms with Gasteiger partial charge in [-0.05, 0) is 50.1 Å². The number of carbonyl (C=O) groups is 2. The van der Waals surface area contributed by atoms with Crippen LogP contribution in [0.2, 0.25) is 0 Å². The van der Waals surface area contributed by atoms with E-state index < -0.39 is 10.2 Å². The first-order valence-corrected chi connectivity index (χ1v) is 11.3. The number of allylic oxidation sites excluding steroid dienone is 1. The Hall–Kier alpha value is -1.60. The molecule has 0 bridgehead atoms. The van der Waals surface area contributed by atoms with Crippen molar-refractivity contribution in [3.05, 3.63) is 41.5 Å². The van der Waals surface area contributed by atoms with Gasteiger partial charge in [0.15, 0.2) is 10.2 Å². The van der Waals surface area contributed by atoms with Crippen LogP contribution < -0.4 is 4.74 Å². The Morgan fingerprint density at radius 2 is 1.81 bits per heavy atom. The second-order valence-electron chi connectivity index (χ2n) is 6.80. The molecule has 1 aromatic rings. The number of carbonyl (C=O) groups excluding carboxylic acids is 2. The third kappa shape index (κ3) is 4.46. The average Bonchev–Trinajstić information content (AvgIpc) is 2.65. The van der Waals surface area contributed by atoms with Gasteiger partial charge in [0, 0.05) is 20.5 Å². The van der Waals surface area contributed by atoms with Gasteiger partial charge in [-0.3, -0.25) is 9.59 Å². The first kappa shape index (κ1) is 21.7. The maximum absolute atomic E-state index is 13.1. The summed E-state index contributed by atoms with van der Waals surface area (Å²) in [6.07, 6.45) is 6.21. The molecule has 27 heavy (non-hydrogen) atoms. The zero-order valence-electron chi connectivity index (χ0n) is 16.8. The van der Waals surface area contributed by atoms with E-state index in [1.807, 2.05) is 56.7 Å². The van der Waals surface area contributed by atoms with E-state index in [9.17, 15) is 9.59 Å². The van der Waals surface area contributed by atoms with E-state index in [1.165, 1.54) is 29.1 Å². The summed E-state index contributed by atoms with van der Waals surface area (Å²) in [4.78, 5) is 28.2. The summed E-state index contributed by atoms with van der Waals surface area (Å²) in [6.45, 7) is 4.60. The second-order valence-corrected chi connectivity index (χ2v) is 8.80. The van der Waals surface area contributed by atoms with Crippen molar-refractivity contribution in [1.29, 1.82) is 0 Å². The molecule has 0 spiro atoms. The van der Waals surface area contributed by atoms with E-state index in [4.69, 9.17) is 4.74 Å². The minimum absolute atomic E-state index is 0.0411. The summed E-state index contributed by atoms with van der Waals surface area (Å²) in [6, 6.07) is 7.74. The molecule has 0 aliphatic carbocycles. The monoisotopic (exact) mass is 408 g/mol. The molecule has 1 fully saturated rings. The second kappa shape index (κ2) is 9.06. The van der Waals surface area contributed by atoms with Crippen LogP contribution in [0, 0.1) is 0 Å². The molecule has 2 rings (SSSR count). The Morgan fingerprint density at radius 1 is 1.19 bits per heavy atom. The van der Waals surface area contributed by atoms with Gasteiger partial charge in [0.2, 0.25) is 0 Å². The highest BCUT2D eigenvalue weighted by molar-refractivity contribution is 8.01. The molecule has 2 unspecified atom stereocenters. The third-order valence-corrected chi connectivity index (χ3v) is 6.99. The van der Waals surface area contributed by atoms with Crippen LogP contribution in [0.3, 0.4) is 0 Å². The van der Waals surface area contributed by atoms with Gasteiger partial charge in [-0.15, -0.1) is 23.5 Å². The van der Waals surface area contributed by atoms with Gasteiger partial charge in [0.1, 0.15) is 12.4 Å². The molecule has 1 saturated heterocycles. The van der Waals surface area contributed by atoms with Crippen molar-refractivity contribution in [3.63, 3.8) is 0 Å². The van der Waals surface area contributed by atoms with Crippen LogP contribution in [-0.4, -0.2) is 65.1 Å². The lowest BCUT2D eigenvalue weighted by Gasteiger charge is -2.48. The van der Waals surface area contributed by atoms with Crippen molar-refractivity contribution in [2.75, 3.05) is 33.2 Å². The topological polar surface area (TPSA) is 49.9 Å². The van der Waals surface area contributed by atoms with Gasteiger partial charge in [-0.25, -0.2) is 0 Å². The molecule has 0 radical (unpaired) electrons. The Labute approximate surface area is 170 Å². The summed E-state index contributed by atoms with van der Waals surface area (Å²) in [5.74, 6) is 0.703. The molecule has 7 heteroatoms. The van der Waals surface area contributed by atoms with Crippen molar-refractivity contribution < 1.29 is 14.3 Å². The Morgan fingerprint density at radius 3 is 2.33 bits per heavy atom. The summed E-state index contributed by atoms with van der Waals surface area (Å²) in [5.41, 5.74) is 2.20. The average molecular weight is 409 g/mol. The summed E-state index contributed by atoms with van der Waals surface area (Å²) < 4.78 is 5.69. The van der Waals surface area contributed by atoms with Crippen molar-refractivity contribution in [1.82, 2.24) is 9.80 Å². The quantitative estimate of drug-likeness (QED) is 0.648. The van der Waals surface area contributed by atoms with Crippen LogP contribution in [0.4, 0.5) is 0 Å². The number of thioether (sulfide) groups is 2. The third-order valence-electron chi connectivity index (χ3n) is 4.76. The predicted molar refractivity (Wildman–Crippen MR) is 114 cm³/mol. The van der Waals surface area contributed by atoms with Crippen LogP contribution >= 0.6 is 23.5 Å². The highest BCUT2D eigenvalue weighted by Crippen LogP contribution is 2.39. The maximum atomic E-state index is 13.1. The molecule has 0 saturated carbocycles. The SMILES string of the molecule is CSC1C(=O)N(C)C(Cc2ccc(OCC=C(C)C)cc2)(SC)C(=O)N1C. The zero-order valence-corrected chi connectivity index (χ0v) is 18.4. The number of likely N-dealkylation sites (N-methyl/N-ethyl adjacent to an activating group) is 2. The van der Waals surface area contributed by atoms with Gasteiger partial charge >= 0.3 is 0 Å². The van der Waals surface area contributed by atoms with Crippen LogP contribution in [-0.2, 0) is 16.0 Å². The first-order chi connectivity index (χ1) is 12.8. The van der Waals surface area contributed by atoms with Gasteiger partial charge in [0.25, 0.3) is 11.8 Å². The fourth-order valence-electron chi connectivity index (χ4n) is 3.07. The van der Waals surface area contributed by atoms with Crippen molar-refractivity contribution in [3.8, 4) is 5.75 Å². The normalized spacial score (nSPS) is 22.8. The van der Waals surface area contributed by atoms with Crippen LogP contribution in [0.25, 0.3) is 0 Å². The van der Waals surface area contributed by atoms with Gasteiger partial charge in [-0.2, -0.15) is 0 Å². The van der Waals surface area contributed by atoms with E-state index in [2.05, 4.69) is 0 Å². The van der Waals surface area contributed by atoms with Crippen molar-refractivity contribution in [2.45, 2.75) is 30.5 Å². The van der Waals surface area contributed by atoms with Crippen LogP contribution in [0.5, 0.6) is 5.75 Å². The molecule has 2 atom stereocenters. The molecule has 5 nitrogen and oxygen atoms in total. The van der Waals surface area contributed by atoms with Crippen molar-refractivity contribution >= 4 is 35.3 Å². The number of hydrogen-bond acceptors (Lipinski definition) is 5. The Bertz CT molecular complexity index is 716. The van der Waals surface area contributed by atoms with Gasteiger partial charge in [0.05, 0.1) is 0 Å². The molecule has 1 heterocycles. The van der Waals surface area contributed by atoms with Gasteiger partial charge in [-0.1, -0.05) is 17.7 Å². The number of amides is 2. The fraction of sp³-hybridized carbons (Fsp3) is 0.500. The van der Waals surface area contributed by atoms with E-state index in [0.717, 1.165) is 11.3 Å². The minimum Gasteiger partial charge on any atom is -0.490 e. The van der Waals surface area contributed by atoms with Crippen LogP contribution in [0.15, 0.2) is 35.9 Å². The molecular formula is C20H28N2O3S2. The summed E-state index contributed by atoms with van der Waals surface area (Å²) in [7, 11) is 3.43. The highest BCUT2D eigenvalue weighted by atomic mass is 32.2. The fourth-order valence-corrected chi connectivity index (χ4v) is 4.83. The standard InChI is InChI=1S/C20H28N2O3S2/c1-14(2)11-12-25-16-9-7-15(8-10-16)13-20(27-6)19(24)21(3)18(26-5)17(23)22(20)4/h7-11,18H,12-13H2,1-6H3. The molecule has 1 aromatic carbocycles. The highest BCUT2D eigenvalue weighted by Gasteiger charge is 2.53. The molecular weight excluding hydrogens is 380 g/mol. The number of piperazine rings is 1. The maximum Gasteiger partial charge on any atom is 0.260 e. The lowest BCUT2D eigenvalue weighted by Crippen LogP contribution is -2.68. The summed E-state index contributed by atoms with van der Waals surface area (Å²) in [5, 5.41) is -0.464. The zero-order chi connectivity index (χ0) is 20.2. The first-order valence-electron chi connectivity index (χ1n) is 8.74. The number of hydrogen-bond donors (Lipinski definition) is 0. The lowest BCUT2D eigenvalue weighted by molar-refractivity contribution is -0.156. The lowest BCUT2D eigenvalue weighted by atomic mass is 10.0. The number of nitrogens with zero attached hydrogens (tertiary/aromatic N) is 2. The largest absolute Gasteiger partial charge is 0.490 e. The van der Waals surface area contributed by atoms with E-state index in [-0.39, 0.29) is 11.8 Å². The van der Waals surface area contributed by atoms with Gasteiger partial charge < -0.3 is 14.5 Å². The smallest absolute Gasteiger partial charge is 0.260 e. The number of benzene rings is 1. The Kier molecular flexibility index (Phi) is 7.28.